The van der Waals surface area contributed by atoms with Gasteiger partial charge in [0.05, 0.1) is 25.7 Å². The molecule has 4 rings (SSSR count). The Morgan fingerprint density at radius 3 is 2.02 bits per heavy atom. The molecule has 1 aromatic heterocycles. The molecule has 0 fully saturated rings. The van der Waals surface area contributed by atoms with Gasteiger partial charge in [0.1, 0.15) is 36.3 Å². The Kier molecular flexibility index (Phi) is 17.3. The number of halogens is 2. The second-order valence-electron chi connectivity index (χ2n) is 14.9. The standard InChI is InChI=1S/C39H44F2N6O9.C2H6O2/c1-22(44-32(49)21-46-33(50)12-13-34(46)51)36(52)47(30(38(55)56)18-31(42)48)28(37(53)54)14-15-43-35(39(2,3)4)29-16-24(26-17-25(40)10-11-27(26)41)20-45(29)19-23-8-6-5-7-9-23;3-1-2-4/h5-13,16-17,20,22,28,30,35,43H,14-15,18-19,21H2,1-4H3,(H2,42,48)(H,44,49)(H,53,54)(H,55,56);3-4H,1-2H2/t22-,28-,30-,35-;/m0./s1. The number of carbonyl (C=O) groups excluding carboxylic acids is 5. The number of aliphatic carboxylic acids is 2. The number of rotatable bonds is 19. The zero-order valence-corrected chi connectivity index (χ0v) is 33.5. The molecular formula is C41H50F2N6O11. The van der Waals surface area contributed by atoms with Crippen LogP contribution in [0.5, 0.6) is 0 Å². The van der Waals surface area contributed by atoms with Crippen molar-refractivity contribution in [1.82, 2.24) is 25.0 Å². The van der Waals surface area contributed by atoms with E-state index in [9.17, 15) is 48.2 Å². The Bertz CT molecular complexity index is 2050. The molecule has 0 unspecified atom stereocenters. The molecule has 2 heterocycles. The van der Waals surface area contributed by atoms with Crippen molar-refractivity contribution in [2.75, 3.05) is 26.3 Å². The van der Waals surface area contributed by atoms with Crippen molar-refractivity contribution in [3.63, 3.8) is 0 Å². The van der Waals surface area contributed by atoms with Crippen molar-refractivity contribution in [3.8, 4) is 11.1 Å². The number of carboxylic acids is 2. The number of carbonyl (C=O) groups is 7. The lowest BCUT2D eigenvalue weighted by molar-refractivity contribution is -0.161. The summed E-state index contributed by atoms with van der Waals surface area (Å²) in [6.45, 7) is 5.99. The molecule has 0 spiro atoms. The molecule has 324 valence electrons. The average Bonchev–Trinajstić information content (AvgIpc) is 3.73. The topological polar surface area (TPSA) is 262 Å². The monoisotopic (exact) mass is 840 g/mol. The van der Waals surface area contributed by atoms with E-state index in [0.29, 0.717) is 27.6 Å². The molecule has 0 bridgehead atoms. The number of aromatic nitrogens is 1. The van der Waals surface area contributed by atoms with E-state index in [-0.39, 0.29) is 25.3 Å². The quantitative estimate of drug-likeness (QED) is 0.0849. The third-order valence-electron chi connectivity index (χ3n) is 9.23. The van der Waals surface area contributed by atoms with E-state index >= 15 is 4.39 Å². The molecule has 8 N–H and O–H groups in total. The highest BCUT2D eigenvalue weighted by molar-refractivity contribution is 6.14. The van der Waals surface area contributed by atoms with Gasteiger partial charge in [-0.1, -0.05) is 51.1 Å². The van der Waals surface area contributed by atoms with E-state index in [1.54, 1.807) is 12.3 Å². The Morgan fingerprint density at radius 1 is 0.883 bits per heavy atom. The number of nitrogens with zero attached hydrogens (tertiary/aromatic N) is 3. The van der Waals surface area contributed by atoms with Crippen LogP contribution in [-0.4, -0.2) is 121 Å². The van der Waals surface area contributed by atoms with Gasteiger partial charge in [0, 0.05) is 41.7 Å². The van der Waals surface area contributed by atoms with E-state index in [0.717, 1.165) is 42.8 Å². The van der Waals surface area contributed by atoms with Gasteiger partial charge in [0.2, 0.25) is 17.7 Å². The zero-order valence-electron chi connectivity index (χ0n) is 33.5. The summed E-state index contributed by atoms with van der Waals surface area (Å²) in [5, 5.41) is 41.3. The van der Waals surface area contributed by atoms with Crippen LogP contribution in [0.3, 0.4) is 0 Å². The van der Waals surface area contributed by atoms with Gasteiger partial charge in [-0.15, -0.1) is 0 Å². The van der Waals surface area contributed by atoms with Gasteiger partial charge in [-0.05, 0) is 55.1 Å². The molecule has 5 amide bonds. The van der Waals surface area contributed by atoms with Gasteiger partial charge >= 0.3 is 11.9 Å². The summed E-state index contributed by atoms with van der Waals surface area (Å²) < 4.78 is 31.2. The highest BCUT2D eigenvalue weighted by atomic mass is 19.1. The van der Waals surface area contributed by atoms with Crippen LogP contribution >= 0.6 is 0 Å². The highest BCUT2D eigenvalue weighted by Gasteiger charge is 2.42. The molecule has 4 atom stereocenters. The Labute approximate surface area is 344 Å². The lowest BCUT2D eigenvalue weighted by Crippen LogP contribution is -2.60. The SMILES string of the molecule is C[C@H](NC(=O)CN1C(=O)C=CC1=O)C(=O)N([C@@H](CCN[C@@H](c1cc(-c2cc(F)ccc2F)cn1Cc1ccccc1)C(C)(C)C)C(=O)O)[C@@H](CC(N)=O)C(=O)O.OCCO. The fraction of sp³-hybridized carbons (Fsp3) is 0.390. The predicted octanol–water partition coefficient (Wildman–Crippen LogP) is 1.56. The van der Waals surface area contributed by atoms with E-state index < -0.39 is 102 Å². The van der Waals surface area contributed by atoms with Crippen LogP contribution in [0.2, 0.25) is 0 Å². The molecule has 0 saturated carbocycles. The number of aliphatic hydroxyl groups is 2. The van der Waals surface area contributed by atoms with Gasteiger partial charge in [0.25, 0.3) is 11.8 Å². The van der Waals surface area contributed by atoms with Gasteiger partial charge in [-0.2, -0.15) is 0 Å². The summed E-state index contributed by atoms with van der Waals surface area (Å²) in [5.74, 6) is -9.50. The molecule has 1 aliphatic heterocycles. The Balaban J connectivity index is 0.00000229. The lowest BCUT2D eigenvalue weighted by atomic mass is 9.84. The molecular weight excluding hydrogens is 790 g/mol. The largest absolute Gasteiger partial charge is 0.480 e. The second-order valence-corrected chi connectivity index (χ2v) is 14.9. The van der Waals surface area contributed by atoms with Crippen molar-refractivity contribution in [3.05, 3.63) is 95.8 Å². The predicted molar refractivity (Wildman–Crippen MR) is 211 cm³/mol. The fourth-order valence-electron chi connectivity index (χ4n) is 6.48. The van der Waals surface area contributed by atoms with Gasteiger partial charge in [0.15, 0.2) is 0 Å². The number of carboxylic acid groups (broad SMARTS) is 2. The molecule has 0 radical (unpaired) electrons. The maximum Gasteiger partial charge on any atom is 0.326 e. The van der Waals surface area contributed by atoms with Crippen LogP contribution in [0.25, 0.3) is 11.1 Å². The zero-order chi connectivity index (χ0) is 44.9. The Morgan fingerprint density at radius 2 is 1.48 bits per heavy atom. The summed E-state index contributed by atoms with van der Waals surface area (Å²) in [4.78, 5) is 88.9. The van der Waals surface area contributed by atoms with Crippen LogP contribution in [0.15, 0.2) is 72.9 Å². The minimum atomic E-state index is -2.06. The summed E-state index contributed by atoms with van der Waals surface area (Å²) in [6.07, 6.45) is 2.21. The Hall–Kier alpha value is -6.31. The normalized spacial score (nSPS) is 14.4. The van der Waals surface area contributed by atoms with E-state index in [2.05, 4.69) is 10.6 Å². The van der Waals surface area contributed by atoms with E-state index in [4.69, 9.17) is 15.9 Å². The lowest BCUT2D eigenvalue weighted by Gasteiger charge is -2.37. The molecule has 19 heteroatoms. The molecule has 0 saturated heterocycles. The minimum Gasteiger partial charge on any atom is -0.480 e. The number of aliphatic hydroxyl groups excluding tert-OH is 2. The first-order valence-corrected chi connectivity index (χ1v) is 18.7. The fourth-order valence-corrected chi connectivity index (χ4v) is 6.48. The van der Waals surface area contributed by atoms with Crippen molar-refractivity contribution in [2.45, 2.75) is 71.2 Å². The van der Waals surface area contributed by atoms with Crippen LogP contribution < -0.4 is 16.4 Å². The number of imide groups is 1. The van der Waals surface area contributed by atoms with Crippen molar-refractivity contribution in [2.24, 2.45) is 11.1 Å². The first-order valence-electron chi connectivity index (χ1n) is 18.7. The minimum absolute atomic E-state index is 0.0245. The van der Waals surface area contributed by atoms with Crippen molar-refractivity contribution >= 4 is 41.5 Å². The van der Waals surface area contributed by atoms with E-state index in [1.807, 2.05) is 55.7 Å². The van der Waals surface area contributed by atoms with Gasteiger partial charge < -0.3 is 46.3 Å². The first-order chi connectivity index (χ1) is 28.2. The average molecular weight is 841 g/mol. The van der Waals surface area contributed by atoms with Gasteiger partial charge in [-0.25, -0.2) is 18.4 Å². The summed E-state index contributed by atoms with van der Waals surface area (Å²) in [7, 11) is 0. The molecule has 0 aliphatic carbocycles. The molecule has 60 heavy (non-hydrogen) atoms. The maximum absolute atomic E-state index is 15.0. The van der Waals surface area contributed by atoms with Crippen molar-refractivity contribution < 1.29 is 62.8 Å². The van der Waals surface area contributed by atoms with Crippen molar-refractivity contribution in [1.29, 1.82) is 0 Å². The molecule has 2 aromatic carbocycles. The van der Waals surface area contributed by atoms with Gasteiger partial charge in [-0.3, -0.25) is 28.9 Å². The maximum atomic E-state index is 15.0. The molecule has 17 nitrogen and oxygen atoms in total. The third kappa shape index (κ3) is 13.1. The summed E-state index contributed by atoms with van der Waals surface area (Å²) in [5.41, 5.74) is 6.63. The van der Waals surface area contributed by atoms with Crippen LogP contribution in [0, 0.1) is 17.0 Å². The smallest absolute Gasteiger partial charge is 0.326 e. The molecule has 3 aromatic rings. The number of nitrogens with two attached hydrogens (primary N) is 1. The summed E-state index contributed by atoms with van der Waals surface area (Å²) in [6, 6.07) is 8.05. The number of amides is 5. The highest BCUT2D eigenvalue weighted by Crippen LogP contribution is 2.37. The number of nitrogens with one attached hydrogen (secondary N) is 2. The first kappa shape index (κ1) is 48.1. The number of hydrogen-bond acceptors (Lipinski definition) is 10. The number of primary amides is 1. The van der Waals surface area contributed by atoms with Crippen LogP contribution in [-0.2, 0) is 40.1 Å². The number of hydrogen-bond donors (Lipinski definition) is 7. The second kappa shape index (κ2) is 21.6. The summed E-state index contributed by atoms with van der Waals surface area (Å²) >= 11 is 0. The van der Waals surface area contributed by atoms with E-state index in [1.165, 1.54) is 0 Å². The number of benzene rings is 2. The molecule has 1 aliphatic rings. The van der Waals surface area contributed by atoms with Crippen LogP contribution in [0.1, 0.15) is 57.8 Å². The third-order valence-corrected chi connectivity index (χ3v) is 9.23. The van der Waals surface area contributed by atoms with Crippen LogP contribution in [0.4, 0.5) is 8.78 Å².